The molecule has 0 atom stereocenters. The predicted octanol–water partition coefficient (Wildman–Crippen LogP) is 1.73. The molecule has 1 aromatic carbocycles. The molecule has 2 rings (SSSR count). The van der Waals surface area contributed by atoms with Crippen LogP contribution in [0.4, 0.5) is 0 Å². The van der Waals surface area contributed by atoms with Gasteiger partial charge >= 0.3 is 0 Å². The van der Waals surface area contributed by atoms with Crippen LogP contribution < -0.4 is 5.48 Å². The second-order valence-corrected chi connectivity index (χ2v) is 3.23. The van der Waals surface area contributed by atoms with Gasteiger partial charge in [-0.3, -0.25) is 4.79 Å². The van der Waals surface area contributed by atoms with Crippen LogP contribution in [0.5, 0.6) is 0 Å². The van der Waals surface area contributed by atoms with Crippen molar-refractivity contribution in [3.63, 3.8) is 0 Å². The van der Waals surface area contributed by atoms with E-state index in [9.17, 15) is 4.79 Å². The van der Waals surface area contributed by atoms with E-state index in [1.165, 1.54) is 6.26 Å². The summed E-state index contributed by atoms with van der Waals surface area (Å²) in [6.45, 7) is 0. The highest BCUT2D eigenvalue weighted by Gasteiger charge is 2.10. The molecular formula is C12H11NO2. The Morgan fingerprint density at radius 2 is 2.00 bits per heavy atom. The molecule has 3 nitrogen and oxygen atoms in total. The lowest BCUT2D eigenvalue weighted by Crippen LogP contribution is -2.23. The molecule has 0 radical (unpaired) electrons. The first-order valence-corrected chi connectivity index (χ1v) is 4.72. The van der Waals surface area contributed by atoms with Crippen molar-refractivity contribution in [2.45, 2.75) is 6.42 Å². The second-order valence-electron chi connectivity index (χ2n) is 3.23. The normalized spacial score (nSPS) is 14.9. The van der Waals surface area contributed by atoms with Crippen LogP contribution >= 0.6 is 0 Å². The van der Waals surface area contributed by atoms with Crippen LogP contribution in [-0.2, 0) is 16.1 Å². The highest BCUT2D eigenvalue weighted by atomic mass is 16.6. The maximum absolute atomic E-state index is 11.5. The van der Waals surface area contributed by atoms with Crippen LogP contribution in [0.25, 0.3) is 0 Å². The summed E-state index contributed by atoms with van der Waals surface area (Å²) in [6.07, 6.45) is 5.52. The van der Waals surface area contributed by atoms with E-state index in [0.29, 0.717) is 12.0 Å². The Morgan fingerprint density at radius 1 is 1.20 bits per heavy atom. The summed E-state index contributed by atoms with van der Waals surface area (Å²) >= 11 is 0. The molecule has 0 fully saturated rings. The largest absolute Gasteiger partial charge is 0.387 e. The standard InChI is InChI=1S/C12H11NO2/c14-12-11(7-4-8-15-13-12)9-10-5-2-1-3-6-10/h1-8H,9H2,(H,13,14). The van der Waals surface area contributed by atoms with Crippen molar-refractivity contribution in [1.82, 2.24) is 5.48 Å². The third-order valence-corrected chi connectivity index (χ3v) is 2.12. The van der Waals surface area contributed by atoms with Gasteiger partial charge in [0.2, 0.25) is 0 Å². The van der Waals surface area contributed by atoms with E-state index in [1.807, 2.05) is 30.3 Å². The van der Waals surface area contributed by atoms with E-state index in [2.05, 4.69) is 5.48 Å². The monoisotopic (exact) mass is 201 g/mol. The molecule has 1 heterocycles. The molecule has 1 N–H and O–H groups in total. The summed E-state index contributed by atoms with van der Waals surface area (Å²) < 4.78 is 0. The lowest BCUT2D eigenvalue weighted by Gasteiger charge is -2.05. The van der Waals surface area contributed by atoms with Crippen LogP contribution in [-0.4, -0.2) is 5.91 Å². The van der Waals surface area contributed by atoms with Gasteiger partial charge in [0.05, 0.1) is 0 Å². The number of rotatable bonds is 2. The zero-order valence-corrected chi connectivity index (χ0v) is 8.14. The summed E-state index contributed by atoms with van der Waals surface area (Å²) in [5.41, 5.74) is 4.12. The number of carbonyl (C=O) groups is 1. The molecule has 3 heteroatoms. The van der Waals surface area contributed by atoms with Gasteiger partial charge in [0.1, 0.15) is 6.26 Å². The molecule has 0 saturated heterocycles. The molecule has 0 saturated carbocycles. The molecule has 0 aliphatic carbocycles. The topological polar surface area (TPSA) is 38.3 Å². The van der Waals surface area contributed by atoms with Gasteiger partial charge in [0.25, 0.3) is 5.91 Å². The Morgan fingerprint density at radius 3 is 2.80 bits per heavy atom. The Balaban J connectivity index is 2.14. The number of hydroxylamine groups is 1. The average molecular weight is 201 g/mol. The summed E-state index contributed by atoms with van der Waals surface area (Å²) in [6, 6.07) is 9.84. The summed E-state index contributed by atoms with van der Waals surface area (Å²) in [5.74, 6) is -0.191. The Kier molecular flexibility index (Phi) is 2.83. The van der Waals surface area contributed by atoms with Crippen LogP contribution in [0.2, 0.25) is 0 Å². The molecule has 1 aromatic rings. The number of benzene rings is 1. The summed E-state index contributed by atoms with van der Waals surface area (Å²) in [5, 5.41) is 0. The molecule has 76 valence electrons. The maximum atomic E-state index is 11.5. The smallest absolute Gasteiger partial charge is 0.280 e. The zero-order chi connectivity index (χ0) is 10.5. The van der Waals surface area contributed by atoms with Gasteiger partial charge in [-0.25, -0.2) is 0 Å². The minimum Gasteiger partial charge on any atom is -0.387 e. The minimum absolute atomic E-state index is 0.191. The average Bonchev–Trinajstić information content (AvgIpc) is 2.46. The number of hydrogen-bond acceptors (Lipinski definition) is 2. The van der Waals surface area contributed by atoms with Gasteiger partial charge < -0.3 is 4.84 Å². The Hall–Kier alpha value is -2.03. The van der Waals surface area contributed by atoms with Gasteiger partial charge in [-0.2, -0.15) is 5.48 Å². The molecule has 0 spiro atoms. The number of carbonyl (C=O) groups excluding carboxylic acids is 1. The lowest BCUT2D eigenvalue weighted by molar-refractivity contribution is -0.125. The van der Waals surface area contributed by atoms with E-state index in [4.69, 9.17) is 4.84 Å². The van der Waals surface area contributed by atoms with Crippen molar-refractivity contribution >= 4 is 5.91 Å². The third-order valence-electron chi connectivity index (χ3n) is 2.12. The summed E-state index contributed by atoms with van der Waals surface area (Å²) in [7, 11) is 0. The number of amides is 1. The zero-order valence-electron chi connectivity index (χ0n) is 8.14. The molecule has 1 aliphatic heterocycles. The van der Waals surface area contributed by atoms with E-state index in [1.54, 1.807) is 12.2 Å². The fourth-order valence-electron chi connectivity index (χ4n) is 1.38. The van der Waals surface area contributed by atoms with Crippen molar-refractivity contribution in [2.75, 3.05) is 0 Å². The van der Waals surface area contributed by atoms with Crippen LogP contribution in [0.1, 0.15) is 5.56 Å². The van der Waals surface area contributed by atoms with Crippen LogP contribution in [0.15, 0.2) is 54.3 Å². The van der Waals surface area contributed by atoms with Gasteiger partial charge in [-0.15, -0.1) is 0 Å². The van der Waals surface area contributed by atoms with E-state index in [-0.39, 0.29) is 5.91 Å². The van der Waals surface area contributed by atoms with Gasteiger partial charge in [-0.1, -0.05) is 30.3 Å². The first-order valence-electron chi connectivity index (χ1n) is 4.72. The van der Waals surface area contributed by atoms with Crippen molar-refractivity contribution in [2.24, 2.45) is 0 Å². The Labute approximate surface area is 88.0 Å². The number of nitrogens with one attached hydrogen (secondary N) is 1. The first-order chi connectivity index (χ1) is 7.36. The quantitative estimate of drug-likeness (QED) is 0.791. The fourth-order valence-corrected chi connectivity index (χ4v) is 1.38. The second kappa shape index (κ2) is 4.46. The predicted molar refractivity (Wildman–Crippen MR) is 56.6 cm³/mol. The molecule has 0 bridgehead atoms. The molecule has 1 aliphatic rings. The molecule has 0 unspecified atom stereocenters. The third kappa shape index (κ3) is 2.47. The van der Waals surface area contributed by atoms with Crippen LogP contribution in [0, 0.1) is 0 Å². The van der Waals surface area contributed by atoms with Gasteiger partial charge in [-0.05, 0) is 17.7 Å². The van der Waals surface area contributed by atoms with Gasteiger partial charge in [0, 0.05) is 12.0 Å². The van der Waals surface area contributed by atoms with Crippen molar-refractivity contribution < 1.29 is 9.63 Å². The van der Waals surface area contributed by atoms with Gasteiger partial charge in [0.15, 0.2) is 0 Å². The highest BCUT2D eigenvalue weighted by Crippen LogP contribution is 2.09. The van der Waals surface area contributed by atoms with Crippen molar-refractivity contribution in [3.8, 4) is 0 Å². The van der Waals surface area contributed by atoms with E-state index in [0.717, 1.165) is 5.56 Å². The fraction of sp³-hybridized carbons (Fsp3) is 0.0833. The van der Waals surface area contributed by atoms with E-state index < -0.39 is 0 Å². The SMILES string of the molecule is O=C1NOC=CC=C1Cc1ccccc1. The van der Waals surface area contributed by atoms with Crippen molar-refractivity contribution in [3.05, 3.63) is 59.9 Å². The number of hydrogen-bond donors (Lipinski definition) is 1. The van der Waals surface area contributed by atoms with Crippen molar-refractivity contribution in [1.29, 1.82) is 0 Å². The number of allylic oxidation sites excluding steroid dienone is 2. The first kappa shape index (κ1) is 9.52. The lowest BCUT2D eigenvalue weighted by atomic mass is 10.0. The molecule has 1 amide bonds. The molecular weight excluding hydrogens is 190 g/mol. The highest BCUT2D eigenvalue weighted by molar-refractivity contribution is 5.93. The maximum Gasteiger partial charge on any atom is 0.280 e. The Bertz CT molecular complexity index is 407. The van der Waals surface area contributed by atoms with Crippen LogP contribution in [0.3, 0.4) is 0 Å². The summed E-state index contributed by atoms with van der Waals surface area (Å²) in [4.78, 5) is 16.2. The molecule has 15 heavy (non-hydrogen) atoms. The van der Waals surface area contributed by atoms with E-state index >= 15 is 0 Å². The minimum atomic E-state index is -0.191. The molecule has 0 aromatic heterocycles.